The summed E-state index contributed by atoms with van der Waals surface area (Å²) in [6.45, 7) is 13.4. The fourth-order valence-corrected chi connectivity index (χ4v) is 11.4. The molecule has 0 saturated heterocycles. The second-order valence-electron chi connectivity index (χ2n) is 19.1. The van der Waals surface area contributed by atoms with Crippen molar-refractivity contribution in [2.24, 2.45) is 0 Å². The zero-order valence-electron chi connectivity index (χ0n) is 39.0. The first-order valence-corrected chi connectivity index (χ1v) is 23.3. The molecule has 68 heavy (non-hydrogen) atoms. The van der Waals surface area contributed by atoms with Gasteiger partial charge in [0, 0.05) is 54.5 Å². The lowest BCUT2D eigenvalue weighted by Gasteiger charge is -2.37. The highest BCUT2D eigenvalue weighted by Crippen LogP contribution is 2.52. The van der Waals surface area contributed by atoms with Gasteiger partial charge in [-0.15, -0.1) is 0 Å². The first kappa shape index (κ1) is 40.8. The van der Waals surface area contributed by atoms with Crippen molar-refractivity contribution in [3.05, 3.63) is 215 Å². The number of aryl methyl sites for hydroxylation is 4. The zero-order valence-corrected chi connectivity index (χ0v) is 39.0. The van der Waals surface area contributed by atoms with Crippen LogP contribution in [0.5, 0.6) is 0 Å². The Morgan fingerprint density at radius 2 is 0.735 bits per heavy atom. The molecule has 0 fully saturated rings. The van der Waals surface area contributed by atoms with E-state index in [1.807, 2.05) is 36.4 Å². The largest absolute Gasteiger partial charge is 0.331 e. The number of rotatable bonds is 6. The van der Waals surface area contributed by atoms with Gasteiger partial charge in [0.25, 0.3) is 0 Å². The van der Waals surface area contributed by atoms with Gasteiger partial charge in [-0.2, -0.15) is 10.5 Å². The fraction of sp³-hybridized carbons (Fsp3) is 0.111. The van der Waals surface area contributed by atoms with Gasteiger partial charge in [-0.1, -0.05) is 107 Å². The van der Waals surface area contributed by atoms with Crippen LogP contribution < -0.4 is 0 Å². The molecule has 0 saturated carbocycles. The van der Waals surface area contributed by atoms with Crippen LogP contribution in [0.3, 0.4) is 0 Å². The SMILES string of the molecule is Cc1ccc2c(c1)c1cc(C)ccc1n2-c1cc(-n2c3ccc(C)cc3c3cc(C)ccc32)c(-c2cccc(C#N)c2)c(C(C)(C)n2c3ccccc3c3ccccc32)c1-c1cccc(C#N)c1. The van der Waals surface area contributed by atoms with Crippen molar-refractivity contribution in [1.82, 2.24) is 13.7 Å². The molecule has 0 spiro atoms. The van der Waals surface area contributed by atoms with Gasteiger partial charge in [0.2, 0.25) is 0 Å². The first-order chi connectivity index (χ1) is 33.0. The number of benzene rings is 9. The summed E-state index contributed by atoms with van der Waals surface area (Å²) in [4.78, 5) is 0. The van der Waals surface area contributed by atoms with Crippen molar-refractivity contribution in [3.63, 3.8) is 0 Å². The number of nitrogens with zero attached hydrogens (tertiary/aromatic N) is 5. The van der Waals surface area contributed by atoms with E-state index in [1.165, 1.54) is 54.6 Å². The molecule has 0 aliphatic heterocycles. The molecule has 0 aliphatic rings. The topological polar surface area (TPSA) is 62.4 Å². The number of hydrogen-bond acceptors (Lipinski definition) is 2. The van der Waals surface area contributed by atoms with Crippen molar-refractivity contribution in [2.45, 2.75) is 47.1 Å². The van der Waals surface area contributed by atoms with Crippen LogP contribution in [0.25, 0.3) is 99.0 Å². The van der Waals surface area contributed by atoms with E-state index in [2.05, 4.69) is 207 Å². The van der Waals surface area contributed by atoms with Crippen LogP contribution in [0.2, 0.25) is 0 Å². The summed E-state index contributed by atoms with van der Waals surface area (Å²) in [5, 5.41) is 28.3. The second-order valence-corrected chi connectivity index (χ2v) is 19.1. The predicted molar refractivity (Wildman–Crippen MR) is 282 cm³/mol. The van der Waals surface area contributed by atoms with Crippen LogP contribution in [0.15, 0.2) is 176 Å². The fourth-order valence-electron chi connectivity index (χ4n) is 11.4. The molecule has 0 bridgehead atoms. The number of aromatic nitrogens is 3. The Morgan fingerprint density at radius 3 is 1.10 bits per heavy atom. The Labute approximate surface area is 395 Å². The van der Waals surface area contributed by atoms with Gasteiger partial charge in [-0.3, -0.25) is 0 Å². The maximum absolute atomic E-state index is 10.6. The Bertz CT molecular complexity index is 3810. The smallest absolute Gasteiger partial charge is 0.0991 e. The maximum atomic E-state index is 10.6. The first-order valence-electron chi connectivity index (χ1n) is 23.3. The minimum atomic E-state index is -0.804. The van der Waals surface area contributed by atoms with Crippen molar-refractivity contribution in [3.8, 4) is 45.8 Å². The van der Waals surface area contributed by atoms with Crippen LogP contribution in [0.1, 0.15) is 52.8 Å². The Kier molecular flexibility index (Phi) is 9.13. The minimum Gasteiger partial charge on any atom is -0.331 e. The lowest BCUT2D eigenvalue weighted by atomic mass is 9.78. The van der Waals surface area contributed by atoms with Gasteiger partial charge in [0.1, 0.15) is 0 Å². The molecule has 9 aromatic carbocycles. The highest BCUT2D eigenvalue weighted by atomic mass is 15.1. The molecule has 0 aliphatic carbocycles. The standard InChI is InChI=1S/C63H47N5/c1-38-21-25-52-48(29-38)49-30-39(2)22-26-53(49)66(52)58-35-59(67-54-27-23-40(3)31-50(54)51-32-41(4)24-28-55(51)67)61(45-16-12-14-43(34-45)37-65)62(60(58)44-15-11-13-42(33-44)36-64)63(5,6)68-56-19-9-7-17-46(56)47-18-8-10-20-57(47)68/h7-35H,1-6H3. The average Bonchev–Trinajstić information content (AvgIpc) is 3.98. The highest BCUT2D eigenvalue weighted by Gasteiger charge is 2.37. The molecule has 5 nitrogen and oxygen atoms in total. The Balaban J connectivity index is 1.40. The molecule has 0 radical (unpaired) electrons. The molecular weight excluding hydrogens is 827 g/mol. The Hall–Kier alpha value is -8.64. The van der Waals surface area contributed by atoms with Crippen molar-refractivity contribution < 1.29 is 0 Å². The minimum absolute atomic E-state index is 0.577. The van der Waals surface area contributed by atoms with E-state index in [-0.39, 0.29) is 0 Å². The van der Waals surface area contributed by atoms with Crippen LogP contribution in [-0.2, 0) is 5.54 Å². The predicted octanol–water partition coefficient (Wildman–Crippen LogP) is 16.1. The molecule has 5 heteroatoms. The van der Waals surface area contributed by atoms with Crippen molar-refractivity contribution in [1.29, 1.82) is 10.5 Å². The van der Waals surface area contributed by atoms with E-state index in [0.717, 1.165) is 72.3 Å². The molecule has 324 valence electrons. The van der Waals surface area contributed by atoms with E-state index < -0.39 is 5.54 Å². The molecule has 12 aromatic rings. The van der Waals surface area contributed by atoms with E-state index in [1.54, 1.807) is 0 Å². The van der Waals surface area contributed by atoms with Gasteiger partial charge in [-0.25, -0.2) is 0 Å². The van der Waals surface area contributed by atoms with Crippen LogP contribution in [0.4, 0.5) is 0 Å². The van der Waals surface area contributed by atoms with Gasteiger partial charge >= 0.3 is 0 Å². The second kappa shape index (κ2) is 15.2. The zero-order chi connectivity index (χ0) is 46.6. The van der Waals surface area contributed by atoms with E-state index in [4.69, 9.17) is 0 Å². The van der Waals surface area contributed by atoms with Crippen LogP contribution in [-0.4, -0.2) is 13.7 Å². The molecule has 0 N–H and O–H groups in total. The third-order valence-corrected chi connectivity index (χ3v) is 14.2. The molecule has 3 aromatic heterocycles. The molecule has 12 rings (SSSR count). The highest BCUT2D eigenvalue weighted by molar-refractivity contribution is 6.13. The summed E-state index contributed by atoms with van der Waals surface area (Å²) in [5.74, 6) is 0. The monoisotopic (exact) mass is 873 g/mol. The normalized spacial score (nSPS) is 11.9. The molecular formula is C63H47N5. The third-order valence-electron chi connectivity index (χ3n) is 14.2. The van der Waals surface area contributed by atoms with E-state index >= 15 is 0 Å². The van der Waals surface area contributed by atoms with Crippen molar-refractivity contribution in [2.75, 3.05) is 0 Å². The van der Waals surface area contributed by atoms with Gasteiger partial charge in [-0.05, 0) is 149 Å². The molecule has 0 amide bonds. The number of fused-ring (bicyclic) bond motifs is 9. The van der Waals surface area contributed by atoms with Crippen LogP contribution >= 0.6 is 0 Å². The average molecular weight is 874 g/mol. The number of para-hydroxylation sites is 2. The number of hydrogen-bond donors (Lipinski definition) is 0. The lowest BCUT2D eigenvalue weighted by Crippen LogP contribution is -2.30. The summed E-state index contributed by atoms with van der Waals surface area (Å²) in [7, 11) is 0. The van der Waals surface area contributed by atoms with Gasteiger partial charge in [0.15, 0.2) is 0 Å². The third kappa shape index (κ3) is 6.06. The van der Waals surface area contributed by atoms with E-state index in [0.29, 0.717) is 11.1 Å². The summed E-state index contributed by atoms with van der Waals surface area (Å²) in [6.07, 6.45) is 0. The van der Waals surface area contributed by atoms with Crippen molar-refractivity contribution >= 4 is 65.4 Å². The molecule has 0 atom stereocenters. The number of nitriles is 2. The summed E-state index contributed by atoms with van der Waals surface area (Å²) in [6, 6.07) is 68.2. The summed E-state index contributed by atoms with van der Waals surface area (Å²) < 4.78 is 7.45. The summed E-state index contributed by atoms with van der Waals surface area (Å²) in [5.41, 5.74) is 18.6. The maximum Gasteiger partial charge on any atom is 0.0991 e. The van der Waals surface area contributed by atoms with Gasteiger partial charge in [0.05, 0.1) is 62.2 Å². The Morgan fingerprint density at radius 1 is 0.368 bits per heavy atom. The summed E-state index contributed by atoms with van der Waals surface area (Å²) >= 11 is 0. The lowest BCUT2D eigenvalue weighted by molar-refractivity contribution is 0.467. The quantitative estimate of drug-likeness (QED) is 0.167. The molecule has 3 heterocycles. The van der Waals surface area contributed by atoms with Gasteiger partial charge < -0.3 is 13.7 Å². The van der Waals surface area contributed by atoms with Crippen LogP contribution in [0, 0.1) is 50.4 Å². The van der Waals surface area contributed by atoms with E-state index in [9.17, 15) is 10.5 Å². The molecule has 0 unspecified atom stereocenters.